The average Bonchev–Trinajstić information content (AvgIpc) is 2.74. The zero-order chi connectivity index (χ0) is 19.8. The summed E-state index contributed by atoms with van der Waals surface area (Å²) in [5, 5.41) is 9.29. The number of nitrogens with one attached hydrogen (secondary N) is 1. The van der Waals surface area contributed by atoms with Crippen LogP contribution < -0.4 is 10.4 Å². The van der Waals surface area contributed by atoms with Gasteiger partial charge in [-0.3, -0.25) is 15.2 Å². The lowest BCUT2D eigenvalue weighted by molar-refractivity contribution is 0.0896. The lowest BCUT2D eigenvalue weighted by Crippen LogP contribution is -2.47. The molecule has 28 heavy (non-hydrogen) atoms. The highest BCUT2D eigenvalue weighted by atomic mass is 16.6. The summed E-state index contributed by atoms with van der Waals surface area (Å²) in [6.45, 7) is 9.07. The standard InChI is InChI=1S/C22H27N5O/c1-3-28-25-21(19-7-4-6-18(2)16-19)9-11-26-12-14-27(15-13-26)22-20(17-23)8-5-10-24-22/h4-10,16,25H,3,11-15H2,1-2H3. The summed E-state index contributed by atoms with van der Waals surface area (Å²) in [5.74, 6) is 0.790. The van der Waals surface area contributed by atoms with E-state index >= 15 is 0 Å². The number of aromatic nitrogens is 1. The molecular weight excluding hydrogens is 350 g/mol. The molecule has 1 aromatic carbocycles. The molecule has 1 saturated heterocycles. The molecule has 0 unspecified atom stereocenters. The molecule has 0 amide bonds. The van der Waals surface area contributed by atoms with Gasteiger partial charge in [-0.25, -0.2) is 4.98 Å². The number of hydrogen-bond donors (Lipinski definition) is 1. The molecule has 0 saturated carbocycles. The molecule has 2 heterocycles. The number of piperazine rings is 1. The molecule has 1 fully saturated rings. The van der Waals surface area contributed by atoms with Crippen molar-refractivity contribution < 1.29 is 4.84 Å². The Bertz CT molecular complexity index is 850. The topological polar surface area (TPSA) is 64.4 Å². The first-order chi connectivity index (χ1) is 13.7. The number of pyridine rings is 1. The first-order valence-electron chi connectivity index (χ1n) is 9.68. The second-order valence-electron chi connectivity index (χ2n) is 6.80. The Morgan fingerprint density at radius 3 is 2.79 bits per heavy atom. The zero-order valence-corrected chi connectivity index (χ0v) is 16.6. The molecule has 2 aromatic rings. The molecule has 0 bridgehead atoms. The third-order valence-corrected chi connectivity index (χ3v) is 4.79. The number of hydrogen-bond acceptors (Lipinski definition) is 6. The van der Waals surface area contributed by atoms with Gasteiger partial charge in [0.05, 0.1) is 17.9 Å². The summed E-state index contributed by atoms with van der Waals surface area (Å²) in [7, 11) is 0. The molecule has 146 valence electrons. The first kappa shape index (κ1) is 19.9. The maximum atomic E-state index is 9.29. The quantitative estimate of drug-likeness (QED) is 0.749. The molecule has 1 aromatic heterocycles. The number of hydroxylamine groups is 1. The van der Waals surface area contributed by atoms with Crippen LogP contribution in [0.1, 0.15) is 23.6 Å². The van der Waals surface area contributed by atoms with E-state index in [1.54, 1.807) is 12.3 Å². The summed E-state index contributed by atoms with van der Waals surface area (Å²) >= 11 is 0. The van der Waals surface area contributed by atoms with E-state index in [-0.39, 0.29) is 0 Å². The Morgan fingerprint density at radius 1 is 1.25 bits per heavy atom. The van der Waals surface area contributed by atoms with E-state index in [0.29, 0.717) is 12.2 Å². The van der Waals surface area contributed by atoms with Crippen molar-refractivity contribution >= 4 is 11.5 Å². The van der Waals surface area contributed by atoms with Crippen molar-refractivity contribution in [3.8, 4) is 6.07 Å². The van der Waals surface area contributed by atoms with Gasteiger partial charge >= 0.3 is 0 Å². The first-order valence-corrected chi connectivity index (χ1v) is 9.68. The molecule has 6 nitrogen and oxygen atoms in total. The molecular formula is C22H27N5O. The molecule has 3 rings (SSSR count). The predicted octanol–water partition coefficient (Wildman–Crippen LogP) is 2.97. The lowest BCUT2D eigenvalue weighted by Gasteiger charge is -2.35. The third kappa shape index (κ3) is 5.10. The monoisotopic (exact) mass is 377 g/mol. The van der Waals surface area contributed by atoms with Gasteiger partial charge in [0.15, 0.2) is 0 Å². The molecule has 1 N–H and O–H groups in total. The van der Waals surface area contributed by atoms with Gasteiger partial charge in [0.2, 0.25) is 0 Å². The van der Waals surface area contributed by atoms with Crippen molar-refractivity contribution in [3.63, 3.8) is 0 Å². The Hall–Kier alpha value is -2.88. The van der Waals surface area contributed by atoms with E-state index in [4.69, 9.17) is 4.84 Å². The Morgan fingerprint density at radius 2 is 2.07 bits per heavy atom. The van der Waals surface area contributed by atoms with Gasteiger partial charge in [-0.05, 0) is 43.7 Å². The summed E-state index contributed by atoms with van der Waals surface area (Å²) in [6, 6.07) is 14.3. The molecule has 0 spiro atoms. The highest BCUT2D eigenvalue weighted by Crippen LogP contribution is 2.18. The summed E-state index contributed by atoms with van der Waals surface area (Å²) in [5.41, 5.74) is 7.05. The van der Waals surface area contributed by atoms with E-state index in [1.165, 1.54) is 5.56 Å². The fraction of sp³-hybridized carbons (Fsp3) is 0.364. The zero-order valence-electron chi connectivity index (χ0n) is 16.6. The highest BCUT2D eigenvalue weighted by molar-refractivity contribution is 5.64. The molecule has 1 aliphatic rings. The van der Waals surface area contributed by atoms with Crippen LogP contribution >= 0.6 is 0 Å². The lowest BCUT2D eigenvalue weighted by atomic mass is 10.1. The minimum absolute atomic E-state index is 0.604. The van der Waals surface area contributed by atoms with E-state index in [0.717, 1.165) is 49.8 Å². The van der Waals surface area contributed by atoms with Gasteiger partial charge in [0.1, 0.15) is 11.9 Å². The van der Waals surface area contributed by atoms with Gasteiger partial charge in [-0.1, -0.05) is 23.8 Å². The van der Waals surface area contributed by atoms with Crippen LogP contribution in [-0.4, -0.2) is 49.2 Å². The smallest absolute Gasteiger partial charge is 0.146 e. The van der Waals surface area contributed by atoms with Crippen molar-refractivity contribution in [2.75, 3.05) is 44.2 Å². The molecule has 1 aliphatic heterocycles. The van der Waals surface area contributed by atoms with Gasteiger partial charge < -0.3 is 4.90 Å². The molecule has 0 radical (unpaired) electrons. The summed E-state index contributed by atoms with van der Waals surface area (Å²) in [6.07, 6.45) is 3.93. The second kappa shape index (κ2) is 9.88. The number of aryl methyl sites for hydroxylation is 1. The normalized spacial score (nSPS) is 15.3. The summed E-state index contributed by atoms with van der Waals surface area (Å²) in [4.78, 5) is 14.4. The van der Waals surface area contributed by atoms with Gasteiger partial charge in [-0.15, -0.1) is 0 Å². The Kier molecular flexibility index (Phi) is 7.01. The van der Waals surface area contributed by atoms with E-state index in [9.17, 15) is 5.26 Å². The van der Waals surface area contributed by atoms with Crippen molar-refractivity contribution in [3.05, 3.63) is 65.4 Å². The van der Waals surface area contributed by atoms with E-state index in [2.05, 4.69) is 63.6 Å². The number of benzene rings is 1. The minimum atomic E-state index is 0.604. The van der Waals surface area contributed by atoms with Crippen LogP contribution in [0.5, 0.6) is 0 Å². The number of rotatable bonds is 7. The van der Waals surface area contributed by atoms with Crippen LogP contribution in [0.4, 0.5) is 5.82 Å². The maximum Gasteiger partial charge on any atom is 0.146 e. The van der Waals surface area contributed by atoms with Gasteiger partial charge in [0.25, 0.3) is 0 Å². The van der Waals surface area contributed by atoms with Crippen LogP contribution in [0.25, 0.3) is 5.70 Å². The van der Waals surface area contributed by atoms with Crippen LogP contribution in [-0.2, 0) is 4.84 Å². The predicted molar refractivity (Wildman–Crippen MR) is 112 cm³/mol. The minimum Gasteiger partial charge on any atom is -0.353 e. The fourth-order valence-corrected chi connectivity index (χ4v) is 3.28. The molecule has 6 heteroatoms. The second-order valence-corrected chi connectivity index (χ2v) is 6.80. The van der Waals surface area contributed by atoms with Crippen molar-refractivity contribution in [2.45, 2.75) is 13.8 Å². The van der Waals surface area contributed by atoms with Crippen molar-refractivity contribution in [1.82, 2.24) is 15.4 Å². The largest absolute Gasteiger partial charge is 0.353 e. The highest BCUT2D eigenvalue weighted by Gasteiger charge is 2.19. The van der Waals surface area contributed by atoms with E-state index < -0.39 is 0 Å². The average molecular weight is 377 g/mol. The summed E-state index contributed by atoms with van der Waals surface area (Å²) < 4.78 is 0. The van der Waals surface area contributed by atoms with E-state index in [1.807, 2.05) is 13.0 Å². The van der Waals surface area contributed by atoms with Gasteiger partial charge in [-0.2, -0.15) is 5.26 Å². The molecule has 0 aliphatic carbocycles. The van der Waals surface area contributed by atoms with Crippen LogP contribution in [0.2, 0.25) is 0 Å². The van der Waals surface area contributed by atoms with Crippen molar-refractivity contribution in [2.24, 2.45) is 0 Å². The maximum absolute atomic E-state index is 9.29. The van der Waals surface area contributed by atoms with Crippen LogP contribution in [0.15, 0.2) is 48.7 Å². The number of nitriles is 1. The number of anilines is 1. The van der Waals surface area contributed by atoms with Gasteiger partial charge in [0, 0.05) is 38.9 Å². The van der Waals surface area contributed by atoms with Crippen molar-refractivity contribution in [1.29, 1.82) is 5.26 Å². The Balaban J connectivity index is 1.63. The third-order valence-electron chi connectivity index (χ3n) is 4.79. The van der Waals surface area contributed by atoms with Crippen LogP contribution in [0, 0.1) is 18.3 Å². The fourth-order valence-electron chi connectivity index (χ4n) is 3.28. The molecule has 0 atom stereocenters. The Labute approximate surface area is 167 Å². The van der Waals surface area contributed by atoms with Crippen LogP contribution in [0.3, 0.4) is 0 Å². The SMILES string of the molecule is CCONC(=CCN1CCN(c2ncccc2C#N)CC1)c1cccc(C)c1. The number of nitrogens with zero attached hydrogens (tertiary/aromatic N) is 4.